The lowest BCUT2D eigenvalue weighted by Gasteiger charge is -2.17. The molecule has 3 heteroatoms. The standard InChI is InChI=1S/C17H20ClNO/c1-13-4-3-5-16(12-13)20-11-10-17(19-2)14-6-8-15(18)9-7-14/h3-9,12,17,19H,10-11H2,1-2H3. The van der Waals surface area contributed by atoms with Gasteiger partial charge in [-0.2, -0.15) is 0 Å². The number of hydrogen-bond donors (Lipinski definition) is 1. The predicted octanol–water partition coefficient (Wildman–Crippen LogP) is 4.38. The number of aryl methyl sites for hydroxylation is 1. The molecule has 0 aliphatic carbocycles. The van der Waals surface area contributed by atoms with Crippen molar-refractivity contribution in [3.05, 3.63) is 64.7 Å². The molecule has 1 N–H and O–H groups in total. The third-order valence-electron chi connectivity index (χ3n) is 3.29. The van der Waals surface area contributed by atoms with E-state index in [1.807, 2.05) is 31.3 Å². The van der Waals surface area contributed by atoms with Crippen LogP contribution in [-0.2, 0) is 0 Å². The number of nitrogens with one attached hydrogen (secondary N) is 1. The van der Waals surface area contributed by atoms with Gasteiger partial charge in [-0.25, -0.2) is 0 Å². The first-order chi connectivity index (χ1) is 9.69. The van der Waals surface area contributed by atoms with Gasteiger partial charge < -0.3 is 10.1 Å². The normalized spacial score (nSPS) is 12.2. The van der Waals surface area contributed by atoms with Gasteiger partial charge in [0.15, 0.2) is 0 Å². The highest BCUT2D eigenvalue weighted by molar-refractivity contribution is 6.30. The van der Waals surface area contributed by atoms with Gasteiger partial charge in [-0.15, -0.1) is 0 Å². The molecule has 0 aliphatic heterocycles. The Morgan fingerprint density at radius 1 is 1.15 bits per heavy atom. The summed E-state index contributed by atoms with van der Waals surface area (Å²) in [6, 6.07) is 16.3. The minimum Gasteiger partial charge on any atom is -0.494 e. The van der Waals surface area contributed by atoms with E-state index in [-0.39, 0.29) is 6.04 Å². The van der Waals surface area contributed by atoms with E-state index in [1.54, 1.807) is 0 Å². The molecular weight excluding hydrogens is 270 g/mol. The molecule has 20 heavy (non-hydrogen) atoms. The highest BCUT2D eigenvalue weighted by Gasteiger charge is 2.09. The Bertz CT molecular complexity index is 539. The van der Waals surface area contributed by atoms with E-state index in [1.165, 1.54) is 11.1 Å². The summed E-state index contributed by atoms with van der Waals surface area (Å²) in [5.74, 6) is 0.927. The van der Waals surface area contributed by atoms with E-state index in [4.69, 9.17) is 16.3 Å². The lowest BCUT2D eigenvalue weighted by atomic mass is 10.0. The van der Waals surface area contributed by atoms with E-state index in [9.17, 15) is 0 Å². The van der Waals surface area contributed by atoms with Crippen LogP contribution in [0.2, 0.25) is 5.02 Å². The fourth-order valence-corrected chi connectivity index (χ4v) is 2.30. The van der Waals surface area contributed by atoms with Crippen molar-refractivity contribution in [2.75, 3.05) is 13.7 Å². The Kier molecular flexibility index (Phi) is 5.45. The molecule has 0 bridgehead atoms. The first kappa shape index (κ1) is 14.9. The smallest absolute Gasteiger partial charge is 0.119 e. The molecule has 1 unspecified atom stereocenters. The molecule has 0 saturated heterocycles. The summed E-state index contributed by atoms with van der Waals surface area (Å²) in [5, 5.41) is 4.08. The van der Waals surface area contributed by atoms with Crippen LogP contribution in [0.3, 0.4) is 0 Å². The van der Waals surface area contributed by atoms with Crippen LogP contribution < -0.4 is 10.1 Å². The van der Waals surface area contributed by atoms with E-state index < -0.39 is 0 Å². The second-order valence-electron chi connectivity index (χ2n) is 4.85. The number of benzene rings is 2. The molecular formula is C17H20ClNO. The van der Waals surface area contributed by atoms with Crippen LogP contribution >= 0.6 is 11.6 Å². The molecule has 2 aromatic rings. The first-order valence-corrected chi connectivity index (χ1v) is 7.19. The van der Waals surface area contributed by atoms with Crippen molar-refractivity contribution in [3.63, 3.8) is 0 Å². The van der Waals surface area contributed by atoms with Gasteiger partial charge in [0, 0.05) is 17.5 Å². The number of halogens is 1. The number of hydrogen-bond acceptors (Lipinski definition) is 2. The number of rotatable bonds is 6. The van der Waals surface area contributed by atoms with Crippen molar-refractivity contribution >= 4 is 11.6 Å². The van der Waals surface area contributed by atoms with Crippen LogP contribution in [0.1, 0.15) is 23.6 Å². The van der Waals surface area contributed by atoms with E-state index >= 15 is 0 Å². The van der Waals surface area contributed by atoms with Gasteiger partial charge in [-0.3, -0.25) is 0 Å². The molecule has 0 spiro atoms. The molecule has 0 saturated carbocycles. The van der Waals surface area contributed by atoms with Crippen LogP contribution in [-0.4, -0.2) is 13.7 Å². The Morgan fingerprint density at radius 3 is 2.55 bits per heavy atom. The van der Waals surface area contributed by atoms with Gasteiger partial charge >= 0.3 is 0 Å². The molecule has 2 aromatic carbocycles. The third kappa shape index (κ3) is 4.26. The fourth-order valence-electron chi connectivity index (χ4n) is 2.17. The van der Waals surface area contributed by atoms with Crippen molar-refractivity contribution in [2.45, 2.75) is 19.4 Å². The second kappa shape index (κ2) is 7.32. The van der Waals surface area contributed by atoms with Crippen molar-refractivity contribution in [1.29, 1.82) is 0 Å². The monoisotopic (exact) mass is 289 g/mol. The van der Waals surface area contributed by atoms with Crippen LogP contribution in [0.4, 0.5) is 0 Å². The highest BCUT2D eigenvalue weighted by Crippen LogP contribution is 2.20. The van der Waals surface area contributed by atoms with Gasteiger partial charge in [-0.1, -0.05) is 35.9 Å². The van der Waals surface area contributed by atoms with Crippen molar-refractivity contribution in [1.82, 2.24) is 5.32 Å². The SMILES string of the molecule is CNC(CCOc1cccc(C)c1)c1ccc(Cl)cc1. The summed E-state index contributed by atoms with van der Waals surface area (Å²) >= 11 is 5.91. The lowest BCUT2D eigenvalue weighted by molar-refractivity contribution is 0.290. The summed E-state index contributed by atoms with van der Waals surface area (Å²) in [4.78, 5) is 0. The largest absolute Gasteiger partial charge is 0.494 e. The second-order valence-corrected chi connectivity index (χ2v) is 5.28. The summed E-state index contributed by atoms with van der Waals surface area (Å²) in [5.41, 5.74) is 2.44. The summed E-state index contributed by atoms with van der Waals surface area (Å²) in [6.07, 6.45) is 0.909. The number of ether oxygens (including phenoxy) is 1. The zero-order valence-electron chi connectivity index (χ0n) is 11.9. The third-order valence-corrected chi connectivity index (χ3v) is 3.54. The van der Waals surface area contributed by atoms with Gasteiger partial charge in [0.05, 0.1) is 6.61 Å². The molecule has 0 radical (unpaired) electrons. The molecule has 106 valence electrons. The average Bonchev–Trinajstić information content (AvgIpc) is 2.45. The minimum absolute atomic E-state index is 0.275. The summed E-state index contributed by atoms with van der Waals surface area (Å²) < 4.78 is 5.80. The summed E-state index contributed by atoms with van der Waals surface area (Å²) in [6.45, 7) is 2.74. The van der Waals surface area contributed by atoms with E-state index in [2.05, 4.69) is 36.5 Å². The van der Waals surface area contributed by atoms with Gasteiger partial charge in [0.2, 0.25) is 0 Å². The van der Waals surface area contributed by atoms with Crippen LogP contribution in [0.5, 0.6) is 5.75 Å². The Morgan fingerprint density at radius 2 is 1.90 bits per heavy atom. The molecule has 0 aliphatic rings. The van der Waals surface area contributed by atoms with Crippen molar-refractivity contribution in [2.24, 2.45) is 0 Å². The Labute approximate surface area is 125 Å². The molecule has 0 fully saturated rings. The van der Waals surface area contributed by atoms with Crippen LogP contribution in [0, 0.1) is 6.92 Å². The molecule has 2 rings (SSSR count). The Hall–Kier alpha value is -1.51. The van der Waals surface area contributed by atoms with Crippen LogP contribution in [0.25, 0.3) is 0 Å². The first-order valence-electron chi connectivity index (χ1n) is 6.81. The van der Waals surface area contributed by atoms with Crippen molar-refractivity contribution < 1.29 is 4.74 Å². The summed E-state index contributed by atoms with van der Waals surface area (Å²) in [7, 11) is 1.96. The Balaban J connectivity index is 1.89. The molecule has 1 atom stereocenters. The lowest BCUT2D eigenvalue weighted by Crippen LogP contribution is -2.19. The predicted molar refractivity (Wildman–Crippen MR) is 84.5 cm³/mol. The zero-order valence-corrected chi connectivity index (χ0v) is 12.7. The van der Waals surface area contributed by atoms with Gasteiger partial charge in [0.1, 0.15) is 5.75 Å². The maximum atomic E-state index is 5.91. The minimum atomic E-state index is 0.275. The maximum absolute atomic E-state index is 5.91. The molecule has 0 heterocycles. The highest BCUT2D eigenvalue weighted by atomic mass is 35.5. The van der Waals surface area contributed by atoms with Crippen molar-refractivity contribution in [3.8, 4) is 5.75 Å². The molecule has 2 nitrogen and oxygen atoms in total. The van der Waals surface area contributed by atoms with E-state index in [0.717, 1.165) is 17.2 Å². The maximum Gasteiger partial charge on any atom is 0.119 e. The zero-order chi connectivity index (χ0) is 14.4. The topological polar surface area (TPSA) is 21.3 Å². The van der Waals surface area contributed by atoms with E-state index in [0.29, 0.717) is 6.61 Å². The molecule has 0 aromatic heterocycles. The quantitative estimate of drug-likeness (QED) is 0.852. The van der Waals surface area contributed by atoms with Gasteiger partial charge in [-0.05, 0) is 49.4 Å². The fraction of sp³-hybridized carbons (Fsp3) is 0.294. The van der Waals surface area contributed by atoms with Gasteiger partial charge in [0.25, 0.3) is 0 Å². The van der Waals surface area contributed by atoms with Crippen LogP contribution in [0.15, 0.2) is 48.5 Å². The average molecular weight is 290 g/mol. The molecule has 0 amide bonds.